The molecule has 4 aliphatic heterocycles. The first-order valence-electron chi connectivity index (χ1n) is 11.0. The van der Waals surface area contributed by atoms with Gasteiger partial charge in [-0.25, -0.2) is 0 Å². The number of ether oxygens (including phenoxy) is 6. The van der Waals surface area contributed by atoms with Crippen LogP contribution >= 0.6 is 0 Å². The van der Waals surface area contributed by atoms with E-state index >= 15 is 0 Å². The van der Waals surface area contributed by atoms with Crippen molar-refractivity contribution in [3.05, 3.63) is 35.4 Å². The number of carbonyl (C=O) groups excluding carboxylic acids is 2. The molecule has 5 atom stereocenters. The summed E-state index contributed by atoms with van der Waals surface area (Å²) in [5, 5.41) is 0. The van der Waals surface area contributed by atoms with Gasteiger partial charge in [0, 0.05) is 13.2 Å². The predicted molar refractivity (Wildman–Crippen MR) is 110 cm³/mol. The Morgan fingerprint density at radius 2 is 1.66 bits per heavy atom. The van der Waals surface area contributed by atoms with Gasteiger partial charge in [0.1, 0.15) is 24.4 Å². The SMILES string of the molecule is CC1(C)OCC([C@H]2O[C@@H]3OC(C)(C)O[C@@H]3[C@H]2OCCCN2C(=O)c3ccccc3C2=O)O1. The third-order valence-corrected chi connectivity index (χ3v) is 6.14. The molecule has 0 spiro atoms. The molecule has 0 saturated carbocycles. The highest BCUT2D eigenvalue weighted by Crippen LogP contribution is 2.42. The van der Waals surface area contributed by atoms with Crippen molar-refractivity contribution >= 4 is 11.8 Å². The van der Waals surface area contributed by atoms with Gasteiger partial charge in [0.15, 0.2) is 17.9 Å². The van der Waals surface area contributed by atoms with Crippen LogP contribution in [0.25, 0.3) is 0 Å². The fourth-order valence-corrected chi connectivity index (χ4v) is 4.75. The van der Waals surface area contributed by atoms with E-state index in [9.17, 15) is 9.59 Å². The second kappa shape index (κ2) is 7.86. The molecule has 0 radical (unpaired) electrons. The quantitative estimate of drug-likeness (QED) is 0.484. The van der Waals surface area contributed by atoms with E-state index in [1.165, 1.54) is 4.90 Å². The molecule has 9 heteroatoms. The molecule has 9 nitrogen and oxygen atoms in total. The van der Waals surface area contributed by atoms with E-state index in [4.69, 9.17) is 28.4 Å². The molecule has 4 aliphatic rings. The summed E-state index contributed by atoms with van der Waals surface area (Å²) < 4.78 is 35.9. The smallest absolute Gasteiger partial charge is 0.261 e. The Labute approximate surface area is 186 Å². The topological polar surface area (TPSA) is 92.8 Å². The molecule has 0 aliphatic carbocycles. The van der Waals surface area contributed by atoms with Crippen LogP contribution in [-0.2, 0) is 28.4 Å². The Balaban J connectivity index is 1.21. The molecular weight excluding hydrogens is 418 g/mol. The van der Waals surface area contributed by atoms with Crippen molar-refractivity contribution in [2.75, 3.05) is 19.8 Å². The van der Waals surface area contributed by atoms with Crippen LogP contribution in [0.15, 0.2) is 24.3 Å². The molecule has 3 saturated heterocycles. The fraction of sp³-hybridized carbons (Fsp3) is 0.652. The van der Waals surface area contributed by atoms with Crippen LogP contribution in [0.2, 0.25) is 0 Å². The van der Waals surface area contributed by atoms with Crippen LogP contribution in [0.4, 0.5) is 0 Å². The first-order valence-corrected chi connectivity index (χ1v) is 11.0. The first kappa shape index (κ1) is 21.9. The van der Waals surface area contributed by atoms with Gasteiger partial charge in [-0.15, -0.1) is 0 Å². The molecule has 0 bridgehead atoms. The summed E-state index contributed by atoms with van der Waals surface area (Å²) in [6, 6.07) is 6.87. The third-order valence-electron chi connectivity index (χ3n) is 6.14. The molecule has 0 N–H and O–H groups in total. The maximum Gasteiger partial charge on any atom is 0.261 e. The van der Waals surface area contributed by atoms with Crippen molar-refractivity contribution in [3.8, 4) is 0 Å². The van der Waals surface area contributed by atoms with Crippen molar-refractivity contribution in [2.24, 2.45) is 0 Å². The Morgan fingerprint density at radius 3 is 2.28 bits per heavy atom. The van der Waals surface area contributed by atoms with E-state index in [2.05, 4.69) is 0 Å². The summed E-state index contributed by atoms with van der Waals surface area (Å²) in [7, 11) is 0. The Kier molecular flexibility index (Phi) is 5.39. The van der Waals surface area contributed by atoms with Crippen LogP contribution in [-0.4, -0.2) is 78.8 Å². The number of nitrogens with zero attached hydrogens (tertiary/aromatic N) is 1. The Bertz CT molecular complexity index is 880. The minimum Gasteiger partial charge on any atom is -0.372 e. The van der Waals surface area contributed by atoms with E-state index in [0.717, 1.165) is 0 Å². The lowest BCUT2D eigenvalue weighted by Gasteiger charge is -2.29. The van der Waals surface area contributed by atoms with E-state index in [0.29, 0.717) is 30.8 Å². The highest BCUT2D eigenvalue weighted by atomic mass is 16.8. The maximum absolute atomic E-state index is 12.5. The van der Waals surface area contributed by atoms with Crippen LogP contribution in [0.5, 0.6) is 0 Å². The summed E-state index contributed by atoms with van der Waals surface area (Å²) in [5.41, 5.74) is 0.899. The van der Waals surface area contributed by atoms with Gasteiger partial charge in [0.05, 0.1) is 17.7 Å². The maximum atomic E-state index is 12.5. The summed E-state index contributed by atoms with van der Waals surface area (Å²) in [6.45, 7) is 8.37. The van der Waals surface area contributed by atoms with E-state index in [-0.39, 0.29) is 24.5 Å². The number of benzene rings is 1. The highest BCUT2D eigenvalue weighted by Gasteiger charge is 2.58. The number of rotatable bonds is 6. The van der Waals surface area contributed by atoms with Crippen molar-refractivity contribution < 1.29 is 38.0 Å². The van der Waals surface area contributed by atoms with Crippen molar-refractivity contribution in [1.82, 2.24) is 4.90 Å². The number of hydrogen-bond acceptors (Lipinski definition) is 8. The molecule has 5 rings (SSSR count). The lowest BCUT2D eigenvalue weighted by Crippen LogP contribution is -2.44. The van der Waals surface area contributed by atoms with Gasteiger partial charge in [0.2, 0.25) is 0 Å². The van der Waals surface area contributed by atoms with E-state index in [1.54, 1.807) is 24.3 Å². The molecule has 3 fully saturated rings. The molecule has 1 aromatic carbocycles. The van der Waals surface area contributed by atoms with E-state index < -0.39 is 36.2 Å². The zero-order valence-electron chi connectivity index (χ0n) is 18.7. The van der Waals surface area contributed by atoms with Crippen molar-refractivity contribution in [3.63, 3.8) is 0 Å². The molecule has 174 valence electrons. The normalized spacial score (nSPS) is 34.9. The zero-order valence-corrected chi connectivity index (χ0v) is 18.7. The van der Waals surface area contributed by atoms with Gasteiger partial charge in [-0.2, -0.15) is 0 Å². The van der Waals surface area contributed by atoms with Gasteiger partial charge in [-0.1, -0.05) is 12.1 Å². The Morgan fingerprint density at radius 1 is 0.969 bits per heavy atom. The molecule has 4 heterocycles. The predicted octanol–water partition coefficient (Wildman–Crippen LogP) is 2.09. The number of fused-ring (bicyclic) bond motifs is 2. The summed E-state index contributed by atoms with van der Waals surface area (Å²) in [6.07, 6.45) is -1.62. The molecule has 1 unspecified atom stereocenters. The number of carbonyl (C=O) groups is 2. The monoisotopic (exact) mass is 447 g/mol. The van der Waals surface area contributed by atoms with Gasteiger partial charge >= 0.3 is 0 Å². The largest absolute Gasteiger partial charge is 0.372 e. The average molecular weight is 447 g/mol. The van der Waals surface area contributed by atoms with Crippen LogP contribution in [0.1, 0.15) is 54.8 Å². The van der Waals surface area contributed by atoms with Gasteiger partial charge in [-0.05, 0) is 46.2 Å². The molecule has 0 aromatic heterocycles. The van der Waals surface area contributed by atoms with Crippen LogP contribution in [0, 0.1) is 0 Å². The number of amides is 2. The summed E-state index contributed by atoms with van der Waals surface area (Å²) in [5.74, 6) is -1.99. The molecule has 1 aromatic rings. The molecule has 32 heavy (non-hydrogen) atoms. The van der Waals surface area contributed by atoms with Crippen molar-refractivity contribution in [2.45, 2.75) is 76.4 Å². The number of hydrogen-bond donors (Lipinski definition) is 0. The molecule has 2 amide bonds. The minimum atomic E-state index is -0.769. The lowest BCUT2D eigenvalue weighted by molar-refractivity contribution is -0.236. The van der Waals surface area contributed by atoms with E-state index in [1.807, 2.05) is 27.7 Å². The standard InChI is InChI=1S/C23H29NO8/c1-22(2)28-12-15(30-22)16-17(18-21(29-16)32-23(3,4)31-18)27-11-7-10-24-19(25)13-8-5-6-9-14(13)20(24)26/h5-6,8-9,15-18,21H,7,10-12H2,1-4H3/t15?,16-,17+,18-,21-/m1/s1. The zero-order chi connectivity index (χ0) is 22.7. The van der Waals surface area contributed by atoms with Gasteiger partial charge in [0.25, 0.3) is 11.8 Å². The third kappa shape index (κ3) is 3.87. The van der Waals surface area contributed by atoms with Crippen LogP contribution in [0.3, 0.4) is 0 Å². The van der Waals surface area contributed by atoms with Gasteiger partial charge in [-0.3, -0.25) is 14.5 Å². The van der Waals surface area contributed by atoms with Gasteiger partial charge < -0.3 is 28.4 Å². The minimum absolute atomic E-state index is 0.263. The average Bonchev–Trinajstić information content (AvgIpc) is 3.41. The number of imide groups is 1. The molecular formula is C23H29NO8. The second-order valence-corrected chi connectivity index (χ2v) is 9.43. The first-order chi connectivity index (χ1) is 15.2. The summed E-state index contributed by atoms with van der Waals surface area (Å²) >= 11 is 0. The Hall–Kier alpha value is -1.88. The highest BCUT2D eigenvalue weighted by molar-refractivity contribution is 6.21. The lowest BCUT2D eigenvalue weighted by atomic mass is 10.1. The second-order valence-electron chi connectivity index (χ2n) is 9.43. The van der Waals surface area contributed by atoms with Crippen molar-refractivity contribution in [1.29, 1.82) is 0 Å². The fourth-order valence-electron chi connectivity index (χ4n) is 4.75. The summed E-state index contributed by atoms with van der Waals surface area (Å²) in [4.78, 5) is 26.4. The van der Waals surface area contributed by atoms with Crippen LogP contribution < -0.4 is 0 Å².